The Morgan fingerprint density at radius 2 is 2.05 bits per heavy atom. The molecule has 19 heavy (non-hydrogen) atoms. The zero-order valence-electron chi connectivity index (χ0n) is 10.3. The van der Waals surface area contributed by atoms with E-state index in [0.717, 1.165) is 5.56 Å². The normalized spacial score (nSPS) is 11.1. The average molecular weight is 257 g/mol. The lowest BCUT2D eigenvalue weighted by Gasteiger charge is -2.08. The van der Waals surface area contributed by atoms with Gasteiger partial charge in [-0.05, 0) is 11.6 Å². The summed E-state index contributed by atoms with van der Waals surface area (Å²) in [6.07, 6.45) is 3.22. The molecule has 2 aromatic rings. The summed E-state index contributed by atoms with van der Waals surface area (Å²) in [5.74, 6) is 11.5. The molecule has 0 aliphatic heterocycles. The van der Waals surface area contributed by atoms with Crippen LogP contribution in [0.1, 0.15) is 11.1 Å². The Balaban J connectivity index is 2.07. The SMILES string of the molecule is N/N=C(\NN)c1cncc(OCc2ccccc2)c1. The molecule has 6 heteroatoms. The molecule has 1 aromatic carbocycles. The Bertz CT molecular complexity index is 556. The highest BCUT2D eigenvalue weighted by molar-refractivity contribution is 5.98. The molecule has 0 aliphatic rings. The van der Waals surface area contributed by atoms with Crippen LogP contribution in [0.2, 0.25) is 0 Å². The van der Waals surface area contributed by atoms with Gasteiger partial charge in [0.1, 0.15) is 12.4 Å². The van der Waals surface area contributed by atoms with Gasteiger partial charge in [-0.3, -0.25) is 4.98 Å². The Kier molecular flexibility index (Phi) is 4.30. The minimum atomic E-state index is 0.345. The molecule has 0 atom stereocenters. The fourth-order valence-corrected chi connectivity index (χ4v) is 1.56. The minimum Gasteiger partial charge on any atom is -0.487 e. The summed E-state index contributed by atoms with van der Waals surface area (Å²) < 4.78 is 5.64. The number of nitrogens with one attached hydrogen (secondary N) is 1. The van der Waals surface area contributed by atoms with Crippen molar-refractivity contribution in [2.45, 2.75) is 6.61 Å². The third kappa shape index (κ3) is 3.43. The molecule has 0 amide bonds. The molecule has 1 heterocycles. The zero-order chi connectivity index (χ0) is 13.5. The van der Waals surface area contributed by atoms with Gasteiger partial charge in [-0.1, -0.05) is 30.3 Å². The van der Waals surface area contributed by atoms with E-state index in [1.54, 1.807) is 18.5 Å². The van der Waals surface area contributed by atoms with Crippen LogP contribution in [0.15, 0.2) is 53.9 Å². The van der Waals surface area contributed by atoms with Gasteiger partial charge in [0.15, 0.2) is 5.84 Å². The first-order valence-electron chi connectivity index (χ1n) is 5.70. The summed E-state index contributed by atoms with van der Waals surface area (Å²) >= 11 is 0. The second-order valence-electron chi connectivity index (χ2n) is 3.81. The molecule has 0 unspecified atom stereocenters. The van der Waals surface area contributed by atoms with Gasteiger partial charge in [-0.2, -0.15) is 5.10 Å². The van der Waals surface area contributed by atoms with Crippen LogP contribution in [0.4, 0.5) is 0 Å². The van der Waals surface area contributed by atoms with Crippen molar-refractivity contribution in [3.8, 4) is 5.75 Å². The summed E-state index contributed by atoms with van der Waals surface area (Å²) in [5, 5.41) is 3.52. The first-order valence-corrected chi connectivity index (χ1v) is 5.70. The van der Waals surface area contributed by atoms with Gasteiger partial charge < -0.3 is 16.0 Å². The van der Waals surface area contributed by atoms with E-state index < -0.39 is 0 Å². The molecule has 0 fully saturated rings. The summed E-state index contributed by atoms with van der Waals surface area (Å²) in [6.45, 7) is 0.469. The molecule has 0 radical (unpaired) electrons. The maximum absolute atomic E-state index is 5.64. The third-order valence-corrected chi connectivity index (χ3v) is 2.50. The van der Waals surface area contributed by atoms with Crippen molar-refractivity contribution < 1.29 is 4.74 Å². The van der Waals surface area contributed by atoms with Crippen LogP contribution in [-0.4, -0.2) is 10.8 Å². The van der Waals surface area contributed by atoms with Gasteiger partial charge in [0.05, 0.1) is 6.20 Å². The Labute approximate surface area is 111 Å². The molecular weight excluding hydrogens is 242 g/mol. The fraction of sp³-hybridized carbons (Fsp3) is 0.0769. The van der Waals surface area contributed by atoms with Crippen molar-refractivity contribution in [2.24, 2.45) is 16.8 Å². The number of ether oxygens (including phenoxy) is 1. The maximum atomic E-state index is 5.64. The van der Waals surface area contributed by atoms with Gasteiger partial charge in [-0.25, -0.2) is 5.84 Å². The van der Waals surface area contributed by atoms with Gasteiger partial charge >= 0.3 is 0 Å². The topological polar surface area (TPSA) is 98.5 Å². The van der Waals surface area contributed by atoms with Crippen molar-refractivity contribution in [1.29, 1.82) is 0 Å². The Morgan fingerprint density at radius 3 is 2.74 bits per heavy atom. The van der Waals surface area contributed by atoms with Gasteiger partial charge in [-0.15, -0.1) is 0 Å². The van der Waals surface area contributed by atoms with E-state index in [4.69, 9.17) is 16.4 Å². The van der Waals surface area contributed by atoms with E-state index in [0.29, 0.717) is 23.8 Å². The smallest absolute Gasteiger partial charge is 0.168 e. The van der Waals surface area contributed by atoms with E-state index in [-0.39, 0.29) is 0 Å². The molecule has 0 saturated carbocycles. The number of hydrazone groups is 1. The van der Waals surface area contributed by atoms with Crippen molar-refractivity contribution in [2.75, 3.05) is 0 Å². The van der Waals surface area contributed by atoms with Crippen molar-refractivity contribution in [3.05, 3.63) is 59.9 Å². The third-order valence-electron chi connectivity index (χ3n) is 2.50. The van der Waals surface area contributed by atoms with Crippen LogP contribution in [0.3, 0.4) is 0 Å². The molecule has 1 aromatic heterocycles. The molecule has 5 N–H and O–H groups in total. The van der Waals surface area contributed by atoms with Crippen molar-refractivity contribution in [3.63, 3.8) is 0 Å². The molecule has 0 saturated heterocycles. The minimum absolute atomic E-state index is 0.345. The number of aromatic nitrogens is 1. The number of amidine groups is 1. The van der Waals surface area contributed by atoms with E-state index in [1.165, 1.54) is 0 Å². The Hall–Kier alpha value is -2.60. The highest BCUT2D eigenvalue weighted by atomic mass is 16.5. The second-order valence-corrected chi connectivity index (χ2v) is 3.81. The first-order chi connectivity index (χ1) is 9.33. The molecular formula is C13H15N5O. The molecule has 0 aliphatic carbocycles. The number of hydrogen-bond acceptors (Lipinski definition) is 5. The number of hydrazine groups is 1. The summed E-state index contributed by atoms with van der Waals surface area (Å²) in [5.41, 5.74) is 4.14. The molecule has 6 nitrogen and oxygen atoms in total. The summed E-state index contributed by atoms with van der Waals surface area (Å²) in [7, 11) is 0. The lowest BCUT2D eigenvalue weighted by atomic mass is 10.2. The van der Waals surface area contributed by atoms with E-state index in [1.807, 2.05) is 30.3 Å². The monoisotopic (exact) mass is 257 g/mol. The van der Waals surface area contributed by atoms with Crippen LogP contribution >= 0.6 is 0 Å². The molecule has 0 bridgehead atoms. The van der Waals surface area contributed by atoms with Gasteiger partial charge in [0.2, 0.25) is 0 Å². The molecule has 2 rings (SSSR count). The van der Waals surface area contributed by atoms with Crippen molar-refractivity contribution >= 4 is 5.84 Å². The fourth-order valence-electron chi connectivity index (χ4n) is 1.56. The number of rotatable bonds is 4. The quantitative estimate of drug-likeness (QED) is 0.325. The maximum Gasteiger partial charge on any atom is 0.168 e. The number of pyridine rings is 1. The van der Waals surface area contributed by atoms with Crippen LogP contribution in [-0.2, 0) is 6.61 Å². The average Bonchev–Trinajstić information content (AvgIpc) is 2.48. The van der Waals surface area contributed by atoms with Crippen molar-refractivity contribution in [1.82, 2.24) is 10.4 Å². The van der Waals surface area contributed by atoms with Crippen LogP contribution in [0, 0.1) is 0 Å². The van der Waals surface area contributed by atoms with E-state index in [9.17, 15) is 0 Å². The summed E-state index contributed by atoms with van der Waals surface area (Å²) in [6, 6.07) is 11.6. The second kappa shape index (κ2) is 6.36. The lowest BCUT2D eigenvalue weighted by Crippen LogP contribution is -2.32. The largest absolute Gasteiger partial charge is 0.487 e. The molecule has 0 spiro atoms. The predicted molar refractivity (Wildman–Crippen MR) is 73.1 cm³/mol. The number of hydrogen-bond donors (Lipinski definition) is 3. The highest BCUT2D eigenvalue weighted by Crippen LogP contribution is 2.13. The van der Waals surface area contributed by atoms with E-state index in [2.05, 4.69) is 15.5 Å². The van der Waals surface area contributed by atoms with Gasteiger partial charge in [0, 0.05) is 11.8 Å². The lowest BCUT2D eigenvalue weighted by molar-refractivity contribution is 0.305. The standard InChI is InChI=1S/C13H15N5O/c14-17-13(18-15)11-6-12(8-16-7-11)19-9-10-4-2-1-3-5-10/h1-8H,9,14-15H2,(H,17,18). The van der Waals surface area contributed by atoms with Crippen LogP contribution < -0.4 is 21.8 Å². The number of nitrogens with two attached hydrogens (primary N) is 2. The van der Waals surface area contributed by atoms with Crippen LogP contribution in [0.25, 0.3) is 0 Å². The van der Waals surface area contributed by atoms with Gasteiger partial charge in [0.25, 0.3) is 0 Å². The number of nitrogens with zero attached hydrogens (tertiary/aromatic N) is 2. The zero-order valence-corrected chi connectivity index (χ0v) is 10.3. The Morgan fingerprint density at radius 1 is 1.26 bits per heavy atom. The highest BCUT2D eigenvalue weighted by Gasteiger charge is 2.04. The summed E-state index contributed by atoms with van der Waals surface area (Å²) in [4.78, 5) is 4.06. The van der Waals surface area contributed by atoms with E-state index >= 15 is 0 Å². The predicted octanol–water partition coefficient (Wildman–Crippen LogP) is 0.744. The van der Waals surface area contributed by atoms with Crippen LogP contribution in [0.5, 0.6) is 5.75 Å². The molecule has 98 valence electrons. The number of benzene rings is 1. The first kappa shape index (κ1) is 12.8.